The van der Waals surface area contributed by atoms with Gasteiger partial charge in [-0.25, -0.2) is 0 Å². The van der Waals surface area contributed by atoms with Gasteiger partial charge in [-0.15, -0.1) is 0 Å². The molecular formula is C13H19BrN2O2. The molecule has 18 heavy (non-hydrogen) atoms. The van der Waals surface area contributed by atoms with Crippen molar-refractivity contribution in [1.82, 2.24) is 0 Å². The maximum absolute atomic E-state index is 10.8. The number of benzene rings is 1. The van der Waals surface area contributed by atoms with E-state index < -0.39 is 0 Å². The van der Waals surface area contributed by atoms with Crippen molar-refractivity contribution in [3.8, 4) is 0 Å². The second-order valence-electron chi connectivity index (χ2n) is 4.44. The topological polar surface area (TPSA) is 55.2 Å². The highest BCUT2D eigenvalue weighted by Gasteiger charge is 2.14. The Hall–Kier alpha value is -1.10. The van der Waals surface area contributed by atoms with Crippen molar-refractivity contribution in [2.75, 3.05) is 11.9 Å². The van der Waals surface area contributed by atoms with E-state index in [1.54, 1.807) is 13.0 Å². The van der Waals surface area contributed by atoms with Crippen LogP contribution in [0.4, 0.5) is 11.4 Å². The van der Waals surface area contributed by atoms with E-state index in [2.05, 4.69) is 35.1 Å². The fourth-order valence-electron chi connectivity index (χ4n) is 1.83. The quantitative estimate of drug-likeness (QED) is 0.620. The number of halogens is 1. The largest absolute Gasteiger partial charge is 0.384 e. The van der Waals surface area contributed by atoms with Crippen LogP contribution in [-0.2, 0) is 0 Å². The molecule has 0 fully saturated rings. The molecule has 0 unspecified atom stereocenters. The molecular weight excluding hydrogens is 296 g/mol. The molecule has 4 nitrogen and oxygen atoms in total. The zero-order valence-electron chi connectivity index (χ0n) is 11.0. The Morgan fingerprint density at radius 3 is 2.50 bits per heavy atom. The Kier molecular flexibility index (Phi) is 5.59. The van der Waals surface area contributed by atoms with Crippen LogP contribution >= 0.6 is 15.9 Å². The van der Waals surface area contributed by atoms with E-state index in [1.165, 1.54) is 0 Å². The molecule has 0 saturated heterocycles. The Balaban J connectivity index is 2.85. The van der Waals surface area contributed by atoms with Gasteiger partial charge in [0.1, 0.15) is 0 Å². The predicted octanol–water partition coefficient (Wildman–Crippen LogP) is 4.51. The van der Waals surface area contributed by atoms with E-state index in [1.807, 2.05) is 6.07 Å². The molecule has 0 heterocycles. The van der Waals surface area contributed by atoms with Crippen LogP contribution in [0.15, 0.2) is 16.6 Å². The first kappa shape index (κ1) is 15.0. The van der Waals surface area contributed by atoms with Gasteiger partial charge in [-0.2, -0.15) is 0 Å². The summed E-state index contributed by atoms with van der Waals surface area (Å²) in [6.45, 7) is 6.99. The summed E-state index contributed by atoms with van der Waals surface area (Å²) in [6.07, 6.45) is 2.26. The van der Waals surface area contributed by atoms with Crippen molar-refractivity contribution < 1.29 is 4.92 Å². The first-order valence-electron chi connectivity index (χ1n) is 6.17. The molecule has 0 bridgehead atoms. The van der Waals surface area contributed by atoms with Crippen LogP contribution < -0.4 is 5.32 Å². The third-order valence-electron chi connectivity index (χ3n) is 3.22. The number of hydrogen-bond acceptors (Lipinski definition) is 3. The number of nitro benzene ring substituents is 1. The van der Waals surface area contributed by atoms with Crippen LogP contribution in [0.2, 0.25) is 0 Å². The van der Waals surface area contributed by atoms with Crippen molar-refractivity contribution in [3.63, 3.8) is 0 Å². The SMILES string of the molecule is CCC(CC)CNc1cc(C)c([N+](=O)[O-])cc1Br. The minimum absolute atomic E-state index is 0.148. The van der Waals surface area contributed by atoms with E-state index >= 15 is 0 Å². The van der Waals surface area contributed by atoms with Gasteiger partial charge in [0.2, 0.25) is 0 Å². The summed E-state index contributed by atoms with van der Waals surface area (Å²) in [5, 5.41) is 14.2. The van der Waals surface area contributed by atoms with E-state index in [0.29, 0.717) is 11.5 Å². The summed E-state index contributed by atoms with van der Waals surface area (Å²) in [4.78, 5) is 10.5. The third kappa shape index (κ3) is 3.70. The number of nitrogens with one attached hydrogen (secondary N) is 1. The highest BCUT2D eigenvalue weighted by atomic mass is 79.9. The van der Waals surface area contributed by atoms with Crippen molar-refractivity contribution in [2.45, 2.75) is 33.6 Å². The number of aryl methyl sites for hydroxylation is 1. The van der Waals surface area contributed by atoms with Gasteiger partial charge in [-0.3, -0.25) is 10.1 Å². The molecule has 0 aliphatic carbocycles. The summed E-state index contributed by atoms with van der Waals surface area (Å²) in [7, 11) is 0. The van der Waals surface area contributed by atoms with Crippen LogP contribution in [0.25, 0.3) is 0 Å². The summed E-state index contributed by atoms with van der Waals surface area (Å²) < 4.78 is 0.741. The maximum atomic E-state index is 10.8. The zero-order valence-corrected chi connectivity index (χ0v) is 12.6. The molecule has 0 radical (unpaired) electrons. The summed E-state index contributed by atoms with van der Waals surface area (Å²) in [6, 6.07) is 3.38. The minimum Gasteiger partial charge on any atom is -0.384 e. The average molecular weight is 315 g/mol. The van der Waals surface area contributed by atoms with Crippen molar-refractivity contribution >= 4 is 27.3 Å². The number of rotatable bonds is 6. The van der Waals surface area contributed by atoms with Crippen LogP contribution in [-0.4, -0.2) is 11.5 Å². The lowest BCUT2D eigenvalue weighted by Crippen LogP contribution is -2.13. The summed E-state index contributed by atoms with van der Waals surface area (Å²) in [5.41, 5.74) is 1.75. The summed E-state index contributed by atoms with van der Waals surface area (Å²) in [5.74, 6) is 0.632. The Bertz CT molecular complexity index is 431. The van der Waals surface area contributed by atoms with Gasteiger partial charge in [0.25, 0.3) is 5.69 Å². The van der Waals surface area contributed by atoms with Crippen LogP contribution in [0.1, 0.15) is 32.3 Å². The number of hydrogen-bond donors (Lipinski definition) is 1. The second kappa shape index (κ2) is 6.73. The second-order valence-corrected chi connectivity index (χ2v) is 5.29. The number of nitro groups is 1. The predicted molar refractivity (Wildman–Crippen MR) is 78.1 cm³/mol. The summed E-state index contributed by atoms with van der Waals surface area (Å²) >= 11 is 3.38. The maximum Gasteiger partial charge on any atom is 0.273 e. The molecule has 0 amide bonds. The lowest BCUT2D eigenvalue weighted by Gasteiger charge is -2.15. The molecule has 1 rings (SSSR count). The number of nitrogens with zero attached hydrogens (tertiary/aromatic N) is 1. The Morgan fingerprint density at radius 1 is 1.39 bits per heavy atom. The normalized spacial score (nSPS) is 10.7. The highest BCUT2D eigenvalue weighted by molar-refractivity contribution is 9.10. The average Bonchev–Trinajstić information content (AvgIpc) is 2.33. The molecule has 0 spiro atoms. The van der Waals surface area contributed by atoms with Crippen LogP contribution in [0.3, 0.4) is 0 Å². The van der Waals surface area contributed by atoms with E-state index in [9.17, 15) is 10.1 Å². The van der Waals surface area contributed by atoms with Crippen LogP contribution in [0.5, 0.6) is 0 Å². The smallest absolute Gasteiger partial charge is 0.273 e. The van der Waals surface area contributed by atoms with Gasteiger partial charge in [-0.1, -0.05) is 26.7 Å². The lowest BCUT2D eigenvalue weighted by atomic mass is 10.0. The first-order chi connectivity index (χ1) is 8.49. The molecule has 0 atom stereocenters. The molecule has 0 saturated carbocycles. The fourth-order valence-corrected chi connectivity index (χ4v) is 2.31. The van der Waals surface area contributed by atoms with E-state index in [0.717, 1.165) is 29.5 Å². The molecule has 1 aromatic rings. The van der Waals surface area contributed by atoms with Crippen molar-refractivity contribution in [3.05, 3.63) is 32.3 Å². The van der Waals surface area contributed by atoms with Crippen LogP contribution in [0, 0.1) is 23.0 Å². The monoisotopic (exact) mass is 314 g/mol. The Morgan fingerprint density at radius 2 is 2.00 bits per heavy atom. The van der Waals surface area contributed by atoms with Gasteiger partial charge < -0.3 is 5.32 Å². The Labute approximate surface area is 116 Å². The molecule has 0 aliphatic rings. The van der Waals surface area contributed by atoms with E-state index in [-0.39, 0.29) is 10.6 Å². The number of anilines is 1. The molecule has 1 aromatic carbocycles. The molecule has 5 heteroatoms. The molecule has 0 aromatic heterocycles. The van der Waals surface area contributed by atoms with Gasteiger partial charge in [0.05, 0.1) is 4.92 Å². The minimum atomic E-state index is -0.356. The molecule has 1 N–H and O–H groups in total. The van der Waals surface area contributed by atoms with E-state index in [4.69, 9.17) is 0 Å². The van der Waals surface area contributed by atoms with Gasteiger partial charge >= 0.3 is 0 Å². The third-order valence-corrected chi connectivity index (χ3v) is 3.87. The van der Waals surface area contributed by atoms with Gasteiger partial charge in [-0.05, 0) is 34.8 Å². The van der Waals surface area contributed by atoms with Gasteiger partial charge in [0, 0.05) is 28.3 Å². The molecule has 100 valence electrons. The zero-order chi connectivity index (χ0) is 13.7. The molecule has 0 aliphatic heterocycles. The van der Waals surface area contributed by atoms with Gasteiger partial charge in [0.15, 0.2) is 0 Å². The lowest BCUT2D eigenvalue weighted by molar-refractivity contribution is -0.385. The standard InChI is InChI=1S/C13H19BrN2O2/c1-4-10(5-2)8-15-12-6-9(3)13(16(17)18)7-11(12)14/h6-7,10,15H,4-5,8H2,1-3H3. The van der Waals surface area contributed by atoms with Crippen molar-refractivity contribution in [1.29, 1.82) is 0 Å². The highest BCUT2D eigenvalue weighted by Crippen LogP contribution is 2.30. The first-order valence-corrected chi connectivity index (χ1v) is 6.97. The van der Waals surface area contributed by atoms with Crippen molar-refractivity contribution in [2.24, 2.45) is 5.92 Å². The fraction of sp³-hybridized carbons (Fsp3) is 0.538.